The van der Waals surface area contributed by atoms with E-state index in [1.165, 1.54) is 24.0 Å². The zero-order valence-corrected chi connectivity index (χ0v) is 11.7. The van der Waals surface area contributed by atoms with Gasteiger partial charge in [-0.2, -0.15) is 0 Å². The summed E-state index contributed by atoms with van der Waals surface area (Å²) in [5.74, 6) is 0. The van der Waals surface area contributed by atoms with Gasteiger partial charge in [-0.25, -0.2) is 0 Å². The first-order valence-corrected chi connectivity index (χ1v) is 7.14. The van der Waals surface area contributed by atoms with Crippen LogP contribution in [0.4, 0.5) is 0 Å². The molecule has 0 bridgehead atoms. The molecule has 1 aromatic rings. The second-order valence-electron chi connectivity index (χ2n) is 5.22. The van der Waals surface area contributed by atoms with Gasteiger partial charge in [0.2, 0.25) is 0 Å². The minimum atomic E-state index is 0.827. The summed E-state index contributed by atoms with van der Waals surface area (Å²) >= 11 is 0. The van der Waals surface area contributed by atoms with Crippen LogP contribution < -0.4 is 0 Å². The lowest BCUT2D eigenvalue weighted by Crippen LogP contribution is -2.27. The van der Waals surface area contributed by atoms with Gasteiger partial charge < -0.3 is 4.74 Å². The van der Waals surface area contributed by atoms with Gasteiger partial charge in [0.25, 0.3) is 0 Å². The Balaban J connectivity index is 1.86. The van der Waals surface area contributed by atoms with Gasteiger partial charge in [-0.1, -0.05) is 31.2 Å². The summed E-state index contributed by atoms with van der Waals surface area (Å²) in [6.45, 7) is 5.33. The molecule has 1 aliphatic carbocycles. The first-order valence-electron chi connectivity index (χ1n) is 7.14. The molecule has 18 heavy (non-hydrogen) atoms. The van der Waals surface area contributed by atoms with E-state index < -0.39 is 0 Å². The molecule has 0 atom stereocenters. The number of nitrogens with zero attached hydrogens (tertiary/aromatic N) is 1. The van der Waals surface area contributed by atoms with Crippen molar-refractivity contribution in [3.63, 3.8) is 0 Å². The molecule has 0 heterocycles. The molecule has 1 fully saturated rings. The average Bonchev–Trinajstić information content (AvgIpc) is 3.23. The minimum Gasteiger partial charge on any atom is -0.385 e. The fourth-order valence-electron chi connectivity index (χ4n) is 2.36. The Morgan fingerprint density at radius 2 is 1.83 bits per heavy atom. The highest BCUT2D eigenvalue weighted by Crippen LogP contribution is 2.28. The lowest BCUT2D eigenvalue weighted by Gasteiger charge is -2.22. The van der Waals surface area contributed by atoms with Crippen LogP contribution in [0, 0.1) is 0 Å². The van der Waals surface area contributed by atoms with E-state index in [1.54, 1.807) is 7.11 Å². The highest BCUT2D eigenvalue weighted by molar-refractivity contribution is 5.22. The first-order chi connectivity index (χ1) is 8.83. The van der Waals surface area contributed by atoms with Crippen molar-refractivity contribution in [2.45, 2.75) is 45.2 Å². The largest absolute Gasteiger partial charge is 0.385 e. The van der Waals surface area contributed by atoms with Crippen LogP contribution in [0.15, 0.2) is 24.3 Å². The molecule has 0 aliphatic heterocycles. The van der Waals surface area contributed by atoms with Crippen LogP contribution in [-0.4, -0.2) is 31.2 Å². The number of aryl methyl sites for hydroxylation is 1. The second kappa shape index (κ2) is 6.91. The molecule has 0 amide bonds. The fourth-order valence-corrected chi connectivity index (χ4v) is 2.36. The molecule has 0 spiro atoms. The molecule has 2 nitrogen and oxygen atoms in total. The number of benzene rings is 1. The highest BCUT2D eigenvalue weighted by atomic mass is 16.5. The third-order valence-corrected chi connectivity index (χ3v) is 3.67. The Labute approximate surface area is 111 Å². The standard InChI is InChI=1S/C16H25NO/c1-3-14-5-7-15(8-6-14)13-17(16-9-10-16)11-4-12-18-2/h5-8,16H,3-4,9-13H2,1-2H3. The van der Waals surface area contributed by atoms with E-state index in [2.05, 4.69) is 36.1 Å². The Hall–Kier alpha value is -0.860. The van der Waals surface area contributed by atoms with Gasteiger partial charge in [-0.05, 0) is 36.8 Å². The lowest BCUT2D eigenvalue weighted by atomic mass is 10.1. The summed E-state index contributed by atoms with van der Waals surface area (Å²) in [5.41, 5.74) is 2.87. The van der Waals surface area contributed by atoms with Gasteiger partial charge in [0.05, 0.1) is 0 Å². The van der Waals surface area contributed by atoms with E-state index in [4.69, 9.17) is 4.74 Å². The minimum absolute atomic E-state index is 0.827. The number of rotatable bonds is 8. The maximum atomic E-state index is 5.15. The Bertz CT molecular complexity index is 343. The predicted molar refractivity (Wildman–Crippen MR) is 75.7 cm³/mol. The van der Waals surface area contributed by atoms with Gasteiger partial charge in [-0.3, -0.25) is 4.90 Å². The molecule has 0 unspecified atom stereocenters. The molecular formula is C16H25NO. The quantitative estimate of drug-likeness (QED) is 0.654. The van der Waals surface area contributed by atoms with Crippen molar-refractivity contribution in [1.29, 1.82) is 0 Å². The van der Waals surface area contributed by atoms with Crippen molar-refractivity contribution in [2.24, 2.45) is 0 Å². The van der Waals surface area contributed by atoms with E-state index in [0.717, 1.165) is 38.6 Å². The average molecular weight is 247 g/mol. The predicted octanol–water partition coefficient (Wildman–Crippen LogP) is 3.25. The van der Waals surface area contributed by atoms with Gasteiger partial charge in [0.1, 0.15) is 0 Å². The maximum Gasteiger partial charge on any atom is 0.0474 e. The summed E-state index contributed by atoms with van der Waals surface area (Å²) in [5, 5.41) is 0. The second-order valence-corrected chi connectivity index (χ2v) is 5.22. The molecule has 2 heteroatoms. The van der Waals surface area contributed by atoms with Gasteiger partial charge in [0.15, 0.2) is 0 Å². The van der Waals surface area contributed by atoms with E-state index >= 15 is 0 Å². The van der Waals surface area contributed by atoms with Crippen LogP contribution in [-0.2, 0) is 17.7 Å². The van der Waals surface area contributed by atoms with Gasteiger partial charge in [0, 0.05) is 32.8 Å². The summed E-state index contributed by atoms with van der Waals surface area (Å²) in [6, 6.07) is 9.91. The zero-order valence-electron chi connectivity index (χ0n) is 11.7. The highest BCUT2D eigenvalue weighted by Gasteiger charge is 2.28. The van der Waals surface area contributed by atoms with Crippen molar-refractivity contribution >= 4 is 0 Å². The Morgan fingerprint density at radius 1 is 1.17 bits per heavy atom. The van der Waals surface area contributed by atoms with E-state index in [-0.39, 0.29) is 0 Å². The molecule has 0 radical (unpaired) electrons. The number of methoxy groups -OCH3 is 1. The fraction of sp³-hybridized carbons (Fsp3) is 0.625. The van der Waals surface area contributed by atoms with Crippen molar-refractivity contribution in [3.8, 4) is 0 Å². The molecule has 0 saturated heterocycles. The summed E-state index contributed by atoms with van der Waals surface area (Å²) in [6.07, 6.45) is 5.01. The number of hydrogen-bond acceptors (Lipinski definition) is 2. The first kappa shape index (κ1) is 13.6. The van der Waals surface area contributed by atoms with E-state index in [1.807, 2.05) is 0 Å². The topological polar surface area (TPSA) is 12.5 Å². The molecule has 100 valence electrons. The Kier molecular flexibility index (Phi) is 5.21. The van der Waals surface area contributed by atoms with E-state index in [0.29, 0.717) is 0 Å². The van der Waals surface area contributed by atoms with Gasteiger partial charge >= 0.3 is 0 Å². The van der Waals surface area contributed by atoms with Crippen molar-refractivity contribution in [3.05, 3.63) is 35.4 Å². The summed E-state index contributed by atoms with van der Waals surface area (Å²) in [4.78, 5) is 2.61. The van der Waals surface area contributed by atoms with Gasteiger partial charge in [-0.15, -0.1) is 0 Å². The van der Waals surface area contributed by atoms with Crippen molar-refractivity contribution in [1.82, 2.24) is 4.90 Å². The lowest BCUT2D eigenvalue weighted by molar-refractivity contribution is 0.166. The van der Waals surface area contributed by atoms with Crippen LogP contribution in [0.1, 0.15) is 37.3 Å². The molecule has 0 N–H and O–H groups in total. The molecule has 0 aromatic heterocycles. The third kappa shape index (κ3) is 4.11. The van der Waals surface area contributed by atoms with Crippen molar-refractivity contribution in [2.75, 3.05) is 20.3 Å². The normalized spacial score (nSPS) is 15.3. The summed E-state index contributed by atoms with van der Waals surface area (Å²) < 4.78 is 5.15. The zero-order chi connectivity index (χ0) is 12.8. The summed E-state index contributed by atoms with van der Waals surface area (Å²) in [7, 11) is 1.78. The molecular weight excluding hydrogens is 222 g/mol. The number of hydrogen-bond donors (Lipinski definition) is 0. The smallest absolute Gasteiger partial charge is 0.0474 e. The molecule has 1 aliphatic rings. The molecule has 1 saturated carbocycles. The van der Waals surface area contributed by atoms with E-state index in [9.17, 15) is 0 Å². The van der Waals surface area contributed by atoms with Crippen molar-refractivity contribution < 1.29 is 4.74 Å². The van der Waals surface area contributed by atoms with Crippen LogP contribution in [0.25, 0.3) is 0 Å². The Morgan fingerprint density at radius 3 is 2.39 bits per heavy atom. The van der Waals surface area contributed by atoms with Crippen LogP contribution in [0.5, 0.6) is 0 Å². The van der Waals surface area contributed by atoms with Crippen LogP contribution in [0.3, 0.4) is 0 Å². The maximum absolute atomic E-state index is 5.15. The van der Waals surface area contributed by atoms with Crippen LogP contribution >= 0.6 is 0 Å². The SMILES string of the molecule is CCc1ccc(CN(CCCOC)C2CC2)cc1. The number of ether oxygens (including phenoxy) is 1. The monoisotopic (exact) mass is 247 g/mol. The molecule has 2 rings (SSSR count). The third-order valence-electron chi connectivity index (χ3n) is 3.67. The molecule has 1 aromatic carbocycles. The van der Waals surface area contributed by atoms with Crippen LogP contribution in [0.2, 0.25) is 0 Å².